The topological polar surface area (TPSA) is 91.4 Å². The summed E-state index contributed by atoms with van der Waals surface area (Å²) < 4.78 is 0. The fraction of sp³-hybridized carbons (Fsp3) is 0.300. The van der Waals surface area contributed by atoms with E-state index in [2.05, 4.69) is 15.6 Å². The van der Waals surface area contributed by atoms with Crippen LogP contribution in [0.15, 0.2) is 42.6 Å². The Labute approximate surface area is 168 Å². The quantitative estimate of drug-likeness (QED) is 0.746. The van der Waals surface area contributed by atoms with Crippen molar-refractivity contribution in [2.24, 2.45) is 5.92 Å². The summed E-state index contributed by atoms with van der Waals surface area (Å²) in [4.78, 5) is 42.6. The lowest BCUT2D eigenvalue weighted by molar-refractivity contribution is -0.122. The maximum absolute atomic E-state index is 12.9. The molecule has 2 N–H and O–H groups in total. The molecule has 7 nitrogen and oxygen atoms in total. The van der Waals surface area contributed by atoms with Gasteiger partial charge < -0.3 is 10.6 Å². The number of rotatable bonds is 5. The van der Waals surface area contributed by atoms with Gasteiger partial charge in [-0.15, -0.1) is 0 Å². The number of carbonyl (C=O) groups is 3. The summed E-state index contributed by atoms with van der Waals surface area (Å²) in [6.45, 7) is 5.68. The Bertz CT molecular complexity index is 932. The highest BCUT2D eigenvalue weighted by Crippen LogP contribution is 2.34. The molecule has 8 heteroatoms. The predicted molar refractivity (Wildman–Crippen MR) is 108 cm³/mol. The van der Waals surface area contributed by atoms with Gasteiger partial charge in [0.15, 0.2) is 0 Å². The highest BCUT2D eigenvalue weighted by Gasteiger charge is 2.49. The van der Waals surface area contributed by atoms with Gasteiger partial charge in [0.1, 0.15) is 11.2 Å². The van der Waals surface area contributed by atoms with E-state index in [1.54, 1.807) is 31.2 Å². The molecular formula is C20H21ClN4O3. The molecule has 1 saturated heterocycles. The third-order valence-electron chi connectivity index (χ3n) is 4.42. The molecule has 146 valence electrons. The first kappa shape index (κ1) is 19.8. The van der Waals surface area contributed by atoms with E-state index < -0.39 is 11.6 Å². The van der Waals surface area contributed by atoms with Gasteiger partial charge in [0.2, 0.25) is 0 Å². The van der Waals surface area contributed by atoms with E-state index in [0.29, 0.717) is 12.1 Å². The predicted octanol–water partition coefficient (Wildman–Crippen LogP) is 3.85. The van der Waals surface area contributed by atoms with Crippen LogP contribution < -0.4 is 15.5 Å². The molecule has 0 unspecified atom stereocenters. The Kier molecular flexibility index (Phi) is 5.38. The zero-order chi connectivity index (χ0) is 20.5. The fourth-order valence-electron chi connectivity index (χ4n) is 3.32. The lowest BCUT2D eigenvalue weighted by atomic mass is 9.91. The Morgan fingerprint density at radius 3 is 2.64 bits per heavy atom. The zero-order valence-corrected chi connectivity index (χ0v) is 16.6. The number of imide groups is 1. The van der Waals surface area contributed by atoms with Gasteiger partial charge in [-0.3, -0.25) is 14.6 Å². The summed E-state index contributed by atoms with van der Waals surface area (Å²) in [5.74, 6) is -0.504. The molecule has 1 atom stereocenters. The van der Waals surface area contributed by atoms with E-state index in [4.69, 9.17) is 11.6 Å². The van der Waals surface area contributed by atoms with Crippen LogP contribution in [0, 0.1) is 5.92 Å². The second-order valence-corrected chi connectivity index (χ2v) is 7.74. The molecule has 3 rings (SSSR count). The third-order valence-corrected chi connectivity index (χ3v) is 4.72. The molecule has 0 aliphatic carbocycles. The number of benzene rings is 1. The molecule has 2 heterocycles. The lowest BCUT2D eigenvalue weighted by Gasteiger charge is -2.23. The standard InChI is InChI=1S/C20H21ClN4O3/c1-12(2)11-20(3)18(27)25(19(28)24-20)16-8-7-13(10-14(16)21)23-17(26)15-6-4-5-9-22-15/h4-10,12H,11H2,1-3H3,(H,23,26)(H,24,28)/t20-/m0/s1. The molecule has 0 saturated carbocycles. The number of halogens is 1. The monoisotopic (exact) mass is 400 g/mol. The Balaban J connectivity index is 1.82. The van der Waals surface area contributed by atoms with Gasteiger partial charge >= 0.3 is 6.03 Å². The van der Waals surface area contributed by atoms with Crippen molar-refractivity contribution in [3.8, 4) is 0 Å². The second-order valence-electron chi connectivity index (χ2n) is 7.34. The Hall–Kier alpha value is -2.93. The maximum atomic E-state index is 12.9. The first-order valence-electron chi connectivity index (χ1n) is 8.90. The molecule has 4 amide bonds. The minimum atomic E-state index is -0.972. The van der Waals surface area contributed by atoms with Crippen molar-refractivity contribution in [2.45, 2.75) is 32.7 Å². The van der Waals surface area contributed by atoms with Gasteiger partial charge in [0.05, 0.1) is 10.7 Å². The fourth-order valence-corrected chi connectivity index (χ4v) is 3.58. The molecule has 1 aliphatic heterocycles. The molecule has 0 radical (unpaired) electrons. The highest BCUT2D eigenvalue weighted by atomic mass is 35.5. The minimum absolute atomic E-state index is 0.177. The van der Waals surface area contributed by atoms with Crippen LogP contribution in [0.4, 0.5) is 16.2 Å². The molecule has 2 aromatic rings. The average molecular weight is 401 g/mol. The van der Waals surface area contributed by atoms with E-state index in [1.165, 1.54) is 18.3 Å². The van der Waals surface area contributed by atoms with Gasteiger partial charge in [-0.05, 0) is 49.6 Å². The first-order chi connectivity index (χ1) is 13.2. The number of carbonyl (C=O) groups excluding carboxylic acids is 3. The van der Waals surface area contributed by atoms with E-state index >= 15 is 0 Å². The average Bonchev–Trinajstić information content (AvgIpc) is 2.84. The normalized spacial score (nSPS) is 19.1. The van der Waals surface area contributed by atoms with Gasteiger partial charge in [-0.2, -0.15) is 0 Å². The molecule has 0 spiro atoms. The number of hydrogen-bond acceptors (Lipinski definition) is 4. The highest BCUT2D eigenvalue weighted by molar-refractivity contribution is 6.36. The van der Waals surface area contributed by atoms with Crippen LogP contribution in [0.3, 0.4) is 0 Å². The molecule has 0 bridgehead atoms. The van der Waals surface area contributed by atoms with Crippen molar-refractivity contribution < 1.29 is 14.4 Å². The summed E-state index contributed by atoms with van der Waals surface area (Å²) >= 11 is 6.33. The molecule has 1 aromatic carbocycles. The molecule has 1 aromatic heterocycles. The maximum Gasteiger partial charge on any atom is 0.329 e. The van der Waals surface area contributed by atoms with E-state index in [9.17, 15) is 14.4 Å². The largest absolute Gasteiger partial charge is 0.329 e. The summed E-state index contributed by atoms with van der Waals surface area (Å²) in [5, 5.41) is 5.62. The van der Waals surface area contributed by atoms with Gasteiger partial charge in [0.25, 0.3) is 11.8 Å². The SMILES string of the molecule is CC(C)C[C@]1(C)NC(=O)N(c2ccc(NC(=O)c3ccccn3)cc2Cl)C1=O. The number of nitrogens with one attached hydrogen (secondary N) is 2. The number of urea groups is 1. The van der Waals surface area contributed by atoms with Gasteiger partial charge in [-0.25, -0.2) is 9.69 Å². The Morgan fingerprint density at radius 2 is 2.04 bits per heavy atom. The van der Waals surface area contributed by atoms with Crippen molar-refractivity contribution in [1.29, 1.82) is 0 Å². The number of anilines is 2. The van der Waals surface area contributed by atoms with Crippen LogP contribution in [0.1, 0.15) is 37.7 Å². The van der Waals surface area contributed by atoms with Crippen LogP contribution in [-0.4, -0.2) is 28.4 Å². The number of nitrogens with zero attached hydrogens (tertiary/aromatic N) is 2. The number of aromatic nitrogens is 1. The van der Waals surface area contributed by atoms with Crippen LogP contribution in [0.25, 0.3) is 0 Å². The van der Waals surface area contributed by atoms with Crippen molar-refractivity contribution >= 4 is 40.8 Å². The van der Waals surface area contributed by atoms with Crippen LogP contribution in [-0.2, 0) is 4.79 Å². The first-order valence-corrected chi connectivity index (χ1v) is 9.28. The number of pyridine rings is 1. The zero-order valence-electron chi connectivity index (χ0n) is 15.8. The summed E-state index contributed by atoms with van der Waals surface area (Å²) in [7, 11) is 0. The lowest BCUT2D eigenvalue weighted by Crippen LogP contribution is -2.45. The van der Waals surface area contributed by atoms with Crippen molar-refractivity contribution in [1.82, 2.24) is 10.3 Å². The van der Waals surface area contributed by atoms with Gasteiger partial charge in [0, 0.05) is 11.9 Å². The Morgan fingerprint density at radius 1 is 1.29 bits per heavy atom. The van der Waals surface area contributed by atoms with Gasteiger partial charge in [-0.1, -0.05) is 31.5 Å². The van der Waals surface area contributed by atoms with Crippen LogP contribution in [0.5, 0.6) is 0 Å². The smallest absolute Gasteiger partial charge is 0.323 e. The summed E-state index contributed by atoms with van der Waals surface area (Å²) in [6.07, 6.45) is 2.04. The number of hydrogen-bond donors (Lipinski definition) is 2. The minimum Gasteiger partial charge on any atom is -0.323 e. The summed E-state index contributed by atoms with van der Waals surface area (Å²) in [6, 6.07) is 9.12. The van der Waals surface area contributed by atoms with E-state index in [1.807, 2.05) is 13.8 Å². The molecule has 1 fully saturated rings. The van der Waals surface area contributed by atoms with E-state index in [0.717, 1.165) is 4.90 Å². The molecular weight excluding hydrogens is 380 g/mol. The van der Waals surface area contributed by atoms with Crippen LogP contribution in [0.2, 0.25) is 5.02 Å². The van der Waals surface area contributed by atoms with Crippen molar-refractivity contribution in [3.05, 3.63) is 53.3 Å². The van der Waals surface area contributed by atoms with Crippen molar-refractivity contribution in [3.63, 3.8) is 0 Å². The second kappa shape index (κ2) is 7.59. The third kappa shape index (κ3) is 3.84. The van der Waals surface area contributed by atoms with E-state index in [-0.39, 0.29) is 34.1 Å². The molecule has 28 heavy (non-hydrogen) atoms. The molecule has 1 aliphatic rings. The number of amides is 4. The van der Waals surface area contributed by atoms with Crippen LogP contribution >= 0.6 is 11.6 Å². The van der Waals surface area contributed by atoms with Crippen molar-refractivity contribution in [2.75, 3.05) is 10.2 Å². The summed E-state index contributed by atoms with van der Waals surface area (Å²) in [5.41, 5.74) is -0.00407.